The molecular weight excluding hydrogens is 489 g/mol. The van der Waals surface area contributed by atoms with Gasteiger partial charge in [0.2, 0.25) is 0 Å². The van der Waals surface area contributed by atoms with Crippen LogP contribution >= 0.6 is 0 Å². The van der Waals surface area contributed by atoms with Crippen LogP contribution in [0, 0.1) is 18.7 Å². The Morgan fingerprint density at radius 1 is 1.13 bits per heavy atom. The molecule has 2 aromatic heterocycles. The van der Waals surface area contributed by atoms with Gasteiger partial charge in [0.15, 0.2) is 5.82 Å². The number of hydrogen-bond donors (Lipinski definition) is 1. The van der Waals surface area contributed by atoms with Crippen LogP contribution in [0.2, 0.25) is 0 Å². The minimum absolute atomic E-state index is 0. The smallest absolute Gasteiger partial charge is 0.151 e. The van der Waals surface area contributed by atoms with E-state index in [1.54, 1.807) is 0 Å². The predicted molar refractivity (Wildman–Crippen MR) is 166 cm³/mol. The van der Waals surface area contributed by atoms with Gasteiger partial charge in [-0.3, -0.25) is 0 Å². The molecule has 39 heavy (non-hydrogen) atoms. The van der Waals surface area contributed by atoms with E-state index in [9.17, 15) is 4.39 Å². The lowest BCUT2D eigenvalue weighted by atomic mass is 10.1. The number of fused-ring (bicyclic) bond motifs is 1. The molecule has 4 rings (SSSR count). The number of allylic oxidation sites excluding steroid dienone is 2. The average molecular weight is 540 g/mol. The summed E-state index contributed by atoms with van der Waals surface area (Å²) < 4.78 is 16.6. The molecule has 1 aliphatic rings. The van der Waals surface area contributed by atoms with Gasteiger partial charge in [-0.15, -0.1) is 6.58 Å². The molecule has 1 saturated heterocycles. The third kappa shape index (κ3) is 8.97. The summed E-state index contributed by atoms with van der Waals surface area (Å²) in [7, 11) is 2.19. The molecule has 0 saturated carbocycles. The van der Waals surface area contributed by atoms with Crippen LogP contribution in [0.5, 0.6) is 0 Å². The molecular formula is C31H50FN7. The molecule has 7 nitrogen and oxygen atoms in total. The number of rotatable bonds is 7. The van der Waals surface area contributed by atoms with Crippen molar-refractivity contribution in [1.29, 1.82) is 0 Å². The van der Waals surface area contributed by atoms with Gasteiger partial charge in [0.25, 0.3) is 0 Å². The Balaban J connectivity index is 0.000000451. The lowest BCUT2D eigenvalue weighted by Gasteiger charge is -2.33. The van der Waals surface area contributed by atoms with E-state index in [0.29, 0.717) is 28.5 Å². The Morgan fingerprint density at radius 3 is 2.38 bits per heavy atom. The van der Waals surface area contributed by atoms with Crippen LogP contribution in [-0.4, -0.2) is 69.1 Å². The molecule has 3 aromatic rings. The van der Waals surface area contributed by atoms with Crippen molar-refractivity contribution in [3.8, 4) is 11.3 Å². The quantitative estimate of drug-likeness (QED) is 0.321. The van der Waals surface area contributed by atoms with Crippen LogP contribution in [0.1, 0.15) is 61.8 Å². The van der Waals surface area contributed by atoms with Crippen LogP contribution in [0.4, 0.5) is 10.2 Å². The van der Waals surface area contributed by atoms with E-state index >= 15 is 0 Å². The number of likely N-dealkylation sites (N-methyl/N-ethyl adjacent to an activating group) is 1. The van der Waals surface area contributed by atoms with E-state index < -0.39 is 0 Å². The molecule has 1 aromatic carbocycles. The van der Waals surface area contributed by atoms with E-state index in [-0.39, 0.29) is 13.3 Å². The van der Waals surface area contributed by atoms with Gasteiger partial charge >= 0.3 is 0 Å². The number of aryl methyl sites for hydroxylation is 1. The normalized spacial score (nSPS) is 15.3. The monoisotopic (exact) mass is 539 g/mol. The molecule has 1 N–H and O–H groups in total. The van der Waals surface area contributed by atoms with Crippen molar-refractivity contribution < 1.29 is 5.82 Å². The minimum Gasteiger partial charge on any atom is -0.344 e. The van der Waals surface area contributed by atoms with Crippen LogP contribution in [0.3, 0.4) is 0 Å². The van der Waals surface area contributed by atoms with Gasteiger partial charge in [0.1, 0.15) is 23.5 Å². The van der Waals surface area contributed by atoms with E-state index in [1.165, 1.54) is 45.1 Å². The van der Waals surface area contributed by atoms with Crippen LogP contribution in [-0.2, 0) is 0 Å². The predicted octanol–water partition coefficient (Wildman–Crippen LogP) is 7.19. The second-order valence-corrected chi connectivity index (χ2v) is 10.2. The number of aromatic nitrogens is 4. The molecule has 0 radical (unpaired) electrons. The number of nitrogens with zero attached hydrogens (tertiary/aromatic N) is 6. The first-order valence-electron chi connectivity index (χ1n) is 14.1. The van der Waals surface area contributed by atoms with E-state index in [4.69, 9.17) is 0 Å². The van der Waals surface area contributed by atoms with Gasteiger partial charge in [0, 0.05) is 57.5 Å². The third-order valence-electron chi connectivity index (χ3n) is 6.71. The van der Waals surface area contributed by atoms with Gasteiger partial charge in [-0.2, -0.15) is 0 Å². The second kappa shape index (κ2) is 15.5. The molecule has 0 aliphatic carbocycles. The molecule has 3 heterocycles. The van der Waals surface area contributed by atoms with E-state index in [2.05, 4.69) is 64.5 Å². The zero-order valence-electron chi connectivity index (χ0n) is 25.4. The number of imidazole rings is 1. The maximum atomic E-state index is 14.6. The Labute approximate surface area is 236 Å². The standard InChI is InChI=1S/C19H22FN5.C10H20N2.C2H6.H2/c1-6-12(4)23-18-9-16(21-10-22-18)14-7-15(20)19-17(8-14)25(11(2)3)13(5)24-19;1-4-10(2)9-12-7-5-11(3)6-8-12;1-2;/h6-11H,1-5H3,(H,21,22,23);4,10H,1,5-9H2,2-3H3;1-2H3;1H/b12-6+;;;. The summed E-state index contributed by atoms with van der Waals surface area (Å²) in [5.74, 6) is 1.77. The van der Waals surface area contributed by atoms with Gasteiger partial charge in [-0.05, 0) is 59.7 Å². The number of hydrogen-bond acceptors (Lipinski definition) is 6. The zero-order chi connectivity index (χ0) is 29.1. The van der Waals surface area contributed by atoms with Crippen molar-refractivity contribution in [2.24, 2.45) is 5.92 Å². The first kappa shape index (κ1) is 32.1. The molecule has 0 amide bonds. The summed E-state index contributed by atoms with van der Waals surface area (Å²) in [6.07, 6.45) is 5.48. The first-order chi connectivity index (χ1) is 18.6. The fraction of sp³-hybridized carbons (Fsp3) is 0.516. The largest absolute Gasteiger partial charge is 0.344 e. The second-order valence-electron chi connectivity index (χ2n) is 10.2. The van der Waals surface area contributed by atoms with Crippen LogP contribution < -0.4 is 5.32 Å². The van der Waals surface area contributed by atoms with Crippen molar-refractivity contribution in [2.45, 2.75) is 61.4 Å². The van der Waals surface area contributed by atoms with Crippen molar-refractivity contribution in [3.05, 3.63) is 60.6 Å². The van der Waals surface area contributed by atoms with Crippen molar-refractivity contribution in [2.75, 3.05) is 45.1 Å². The van der Waals surface area contributed by atoms with E-state index in [1.807, 2.05) is 63.5 Å². The first-order valence-corrected chi connectivity index (χ1v) is 14.1. The number of benzene rings is 1. The molecule has 0 bridgehead atoms. The fourth-order valence-corrected chi connectivity index (χ4v) is 4.44. The molecule has 1 unspecified atom stereocenters. The maximum absolute atomic E-state index is 14.6. The minimum atomic E-state index is -0.340. The molecule has 1 aliphatic heterocycles. The van der Waals surface area contributed by atoms with Gasteiger partial charge in [0.05, 0.1) is 11.2 Å². The third-order valence-corrected chi connectivity index (χ3v) is 6.71. The molecule has 8 heteroatoms. The maximum Gasteiger partial charge on any atom is 0.151 e. The fourth-order valence-electron chi connectivity index (χ4n) is 4.44. The zero-order valence-corrected chi connectivity index (χ0v) is 25.4. The SMILES string of the molecule is C/C=C(\C)Nc1cc(-c2cc(F)c3nc(C)n(C(C)C)c3c2)ncn1.C=CC(C)CN1CCN(C)CC1.CC.[HH]. The summed E-state index contributed by atoms with van der Waals surface area (Å²) in [6.45, 7) is 26.0. The number of halogens is 1. The summed E-state index contributed by atoms with van der Waals surface area (Å²) in [5, 5.41) is 3.19. The Bertz CT molecular complexity index is 1230. The molecule has 216 valence electrons. The molecule has 1 fully saturated rings. The lowest BCUT2D eigenvalue weighted by Crippen LogP contribution is -2.45. The Morgan fingerprint density at radius 2 is 1.79 bits per heavy atom. The highest BCUT2D eigenvalue weighted by atomic mass is 19.1. The molecule has 1 atom stereocenters. The van der Waals surface area contributed by atoms with Gasteiger partial charge < -0.3 is 19.7 Å². The lowest BCUT2D eigenvalue weighted by molar-refractivity contribution is 0.145. The van der Waals surface area contributed by atoms with Crippen LogP contribution in [0.25, 0.3) is 22.3 Å². The highest BCUT2D eigenvalue weighted by Gasteiger charge is 2.16. The topological polar surface area (TPSA) is 62.1 Å². The van der Waals surface area contributed by atoms with Crippen LogP contribution in [0.15, 0.2) is 49.0 Å². The summed E-state index contributed by atoms with van der Waals surface area (Å²) in [6, 6.07) is 5.43. The summed E-state index contributed by atoms with van der Waals surface area (Å²) in [5.41, 5.74) is 3.53. The van der Waals surface area contributed by atoms with Gasteiger partial charge in [-0.25, -0.2) is 19.3 Å². The molecule has 0 spiro atoms. The van der Waals surface area contributed by atoms with Crippen molar-refractivity contribution in [1.82, 2.24) is 29.3 Å². The highest BCUT2D eigenvalue weighted by Crippen LogP contribution is 2.29. The summed E-state index contributed by atoms with van der Waals surface area (Å²) in [4.78, 5) is 17.8. The number of nitrogens with one attached hydrogen (secondary N) is 1. The number of piperazine rings is 1. The van der Waals surface area contributed by atoms with Crippen molar-refractivity contribution >= 4 is 16.9 Å². The average Bonchev–Trinajstić information content (AvgIpc) is 3.28. The van der Waals surface area contributed by atoms with E-state index in [0.717, 1.165) is 17.0 Å². The summed E-state index contributed by atoms with van der Waals surface area (Å²) >= 11 is 0. The Hall–Kier alpha value is -3.10. The van der Waals surface area contributed by atoms with Crippen molar-refractivity contribution in [3.63, 3.8) is 0 Å². The Kier molecular flexibility index (Phi) is 12.7. The van der Waals surface area contributed by atoms with Gasteiger partial charge in [-0.1, -0.05) is 32.9 Å². The number of anilines is 1. The highest BCUT2D eigenvalue weighted by molar-refractivity contribution is 5.83.